The van der Waals surface area contributed by atoms with Crippen LogP contribution in [0.25, 0.3) is 11.0 Å². The zero-order chi connectivity index (χ0) is 15.8. The molecule has 2 heterocycles. The minimum absolute atomic E-state index is 0.0350. The SMILES string of the molecule is O=C(c1cccc(I)c1)N1CCCC1c1nc2ccccc2[nH]1. The molecule has 116 valence electrons. The number of fused-ring (bicyclic) bond motifs is 1. The van der Waals surface area contributed by atoms with E-state index in [1.54, 1.807) is 0 Å². The molecule has 23 heavy (non-hydrogen) atoms. The predicted octanol–water partition coefficient (Wildman–Crippen LogP) is 4.14. The molecule has 3 aromatic rings. The third-order valence-electron chi connectivity index (χ3n) is 4.31. The van der Waals surface area contributed by atoms with Crippen LogP contribution < -0.4 is 0 Å². The van der Waals surface area contributed by atoms with Gasteiger partial charge in [-0.1, -0.05) is 18.2 Å². The van der Waals surface area contributed by atoms with Crippen molar-refractivity contribution in [3.63, 3.8) is 0 Å². The predicted molar refractivity (Wildman–Crippen MR) is 98.3 cm³/mol. The number of para-hydroxylation sites is 2. The maximum absolute atomic E-state index is 12.9. The lowest BCUT2D eigenvalue weighted by molar-refractivity contribution is 0.0730. The highest BCUT2D eigenvalue weighted by atomic mass is 127. The molecule has 0 saturated carbocycles. The molecule has 5 heteroatoms. The fourth-order valence-electron chi connectivity index (χ4n) is 3.21. The molecule has 4 nitrogen and oxygen atoms in total. The number of carbonyl (C=O) groups is 1. The molecular weight excluding hydrogens is 401 g/mol. The molecule has 4 rings (SSSR count). The molecular formula is C18H16IN3O. The smallest absolute Gasteiger partial charge is 0.254 e. The summed E-state index contributed by atoms with van der Waals surface area (Å²) in [6.07, 6.45) is 1.97. The van der Waals surface area contributed by atoms with Crippen LogP contribution >= 0.6 is 22.6 Å². The second-order valence-corrected chi connectivity index (χ2v) is 7.05. The van der Waals surface area contributed by atoms with Gasteiger partial charge in [0.2, 0.25) is 0 Å². The fraction of sp³-hybridized carbons (Fsp3) is 0.222. The van der Waals surface area contributed by atoms with Crippen LogP contribution in [0.4, 0.5) is 0 Å². The van der Waals surface area contributed by atoms with Gasteiger partial charge in [-0.15, -0.1) is 0 Å². The molecule has 1 atom stereocenters. The lowest BCUT2D eigenvalue weighted by Gasteiger charge is -2.23. The van der Waals surface area contributed by atoms with E-state index in [-0.39, 0.29) is 11.9 Å². The lowest BCUT2D eigenvalue weighted by Crippen LogP contribution is -2.31. The molecule has 1 aliphatic rings. The van der Waals surface area contributed by atoms with E-state index in [4.69, 9.17) is 0 Å². The van der Waals surface area contributed by atoms with Crippen LogP contribution in [0.2, 0.25) is 0 Å². The Balaban J connectivity index is 1.67. The highest BCUT2D eigenvalue weighted by Gasteiger charge is 2.32. The normalized spacial score (nSPS) is 17.8. The molecule has 0 aliphatic carbocycles. The topological polar surface area (TPSA) is 49.0 Å². The fourth-order valence-corrected chi connectivity index (χ4v) is 3.75. The quantitative estimate of drug-likeness (QED) is 0.638. The minimum Gasteiger partial charge on any atom is -0.340 e. The zero-order valence-electron chi connectivity index (χ0n) is 12.5. The molecule has 1 unspecified atom stereocenters. The van der Waals surface area contributed by atoms with Gasteiger partial charge in [-0.2, -0.15) is 0 Å². The van der Waals surface area contributed by atoms with Crippen molar-refractivity contribution in [2.75, 3.05) is 6.54 Å². The van der Waals surface area contributed by atoms with Crippen LogP contribution in [0.1, 0.15) is 35.1 Å². The van der Waals surface area contributed by atoms with Crippen LogP contribution in [0.15, 0.2) is 48.5 Å². The van der Waals surface area contributed by atoms with Crippen LogP contribution in [0.5, 0.6) is 0 Å². The van der Waals surface area contributed by atoms with Crippen molar-refractivity contribution < 1.29 is 4.79 Å². The molecule has 1 fully saturated rings. The Hall–Kier alpha value is -1.89. The molecule has 0 bridgehead atoms. The Bertz CT molecular complexity index is 840. The second kappa shape index (κ2) is 5.96. The number of nitrogens with zero attached hydrogens (tertiary/aromatic N) is 2. The van der Waals surface area contributed by atoms with Crippen molar-refractivity contribution in [3.05, 3.63) is 63.5 Å². The van der Waals surface area contributed by atoms with E-state index in [2.05, 4.69) is 32.6 Å². The number of aromatic amines is 1. The number of imidazole rings is 1. The van der Waals surface area contributed by atoms with Gasteiger partial charge in [-0.25, -0.2) is 4.98 Å². The van der Waals surface area contributed by atoms with Crippen LogP contribution in [-0.4, -0.2) is 27.3 Å². The molecule has 0 radical (unpaired) electrons. The number of nitrogens with one attached hydrogen (secondary N) is 1. The number of benzene rings is 2. The third kappa shape index (κ3) is 2.73. The van der Waals surface area contributed by atoms with E-state index >= 15 is 0 Å². The molecule has 0 spiro atoms. The van der Waals surface area contributed by atoms with Crippen molar-refractivity contribution in [3.8, 4) is 0 Å². The Morgan fingerprint density at radius 3 is 2.91 bits per heavy atom. The summed E-state index contributed by atoms with van der Waals surface area (Å²) in [7, 11) is 0. The average molecular weight is 417 g/mol. The Morgan fingerprint density at radius 1 is 1.22 bits per heavy atom. The Labute approximate surface area is 148 Å². The summed E-state index contributed by atoms with van der Waals surface area (Å²) >= 11 is 2.24. The van der Waals surface area contributed by atoms with Gasteiger partial charge in [0, 0.05) is 15.7 Å². The number of halogens is 1. The van der Waals surface area contributed by atoms with Crippen molar-refractivity contribution in [2.24, 2.45) is 0 Å². The number of hydrogen-bond acceptors (Lipinski definition) is 2. The summed E-state index contributed by atoms with van der Waals surface area (Å²) in [5, 5.41) is 0. The summed E-state index contributed by atoms with van der Waals surface area (Å²) in [5.41, 5.74) is 2.73. The van der Waals surface area contributed by atoms with Gasteiger partial charge < -0.3 is 9.88 Å². The van der Waals surface area contributed by atoms with E-state index in [1.807, 2.05) is 53.4 Å². The molecule has 1 amide bonds. The minimum atomic E-state index is 0.0350. The molecule has 2 aromatic carbocycles. The summed E-state index contributed by atoms with van der Waals surface area (Å²) in [6, 6.07) is 15.8. The number of aromatic nitrogens is 2. The molecule has 1 saturated heterocycles. The molecule has 1 N–H and O–H groups in total. The van der Waals surface area contributed by atoms with Gasteiger partial charge >= 0.3 is 0 Å². The molecule has 1 aliphatic heterocycles. The number of hydrogen-bond donors (Lipinski definition) is 1. The Morgan fingerprint density at radius 2 is 2.09 bits per heavy atom. The first-order valence-corrected chi connectivity index (χ1v) is 8.81. The Kier molecular flexibility index (Phi) is 3.80. The van der Waals surface area contributed by atoms with E-state index in [0.29, 0.717) is 0 Å². The first-order chi connectivity index (χ1) is 11.2. The van der Waals surface area contributed by atoms with E-state index in [9.17, 15) is 4.79 Å². The number of likely N-dealkylation sites (tertiary alicyclic amines) is 1. The first-order valence-electron chi connectivity index (χ1n) is 7.73. The first kappa shape index (κ1) is 14.7. The van der Waals surface area contributed by atoms with Gasteiger partial charge in [-0.05, 0) is 65.8 Å². The van der Waals surface area contributed by atoms with Gasteiger partial charge in [-0.3, -0.25) is 4.79 Å². The average Bonchev–Trinajstić information content (AvgIpc) is 3.20. The highest BCUT2D eigenvalue weighted by Crippen LogP contribution is 2.32. The summed E-state index contributed by atoms with van der Waals surface area (Å²) in [4.78, 5) is 22.9. The van der Waals surface area contributed by atoms with E-state index in [0.717, 1.165) is 45.4 Å². The van der Waals surface area contributed by atoms with Crippen molar-refractivity contribution >= 4 is 39.5 Å². The van der Waals surface area contributed by atoms with Crippen molar-refractivity contribution in [1.29, 1.82) is 0 Å². The van der Waals surface area contributed by atoms with Gasteiger partial charge in [0.15, 0.2) is 0 Å². The van der Waals surface area contributed by atoms with Gasteiger partial charge in [0.1, 0.15) is 5.82 Å². The van der Waals surface area contributed by atoms with Crippen molar-refractivity contribution in [1.82, 2.24) is 14.9 Å². The zero-order valence-corrected chi connectivity index (χ0v) is 14.7. The van der Waals surface area contributed by atoms with Crippen LogP contribution in [-0.2, 0) is 0 Å². The van der Waals surface area contributed by atoms with E-state index in [1.165, 1.54) is 0 Å². The van der Waals surface area contributed by atoms with Gasteiger partial charge in [0.25, 0.3) is 5.91 Å². The highest BCUT2D eigenvalue weighted by molar-refractivity contribution is 14.1. The monoisotopic (exact) mass is 417 g/mol. The van der Waals surface area contributed by atoms with Gasteiger partial charge in [0.05, 0.1) is 17.1 Å². The summed E-state index contributed by atoms with van der Waals surface area (Å²) in [5.74, 6) is 0.981. The number of amides is 1. The maximum Gasteiger partial charge on any atom is 0.254 e. The largest absolute Gasteiger partial charge is 0.340 e. The summed E-state index contributed by atoms with van der Waals surface area (Å²) in [6.45, 7) is 0.784. The van der Waals surface area contributed by atoms with Crippen LogP contribution in [0.3, 0.4) is 0 Å². The number of rotatable bonds is 2. The third-order valence-corrected chi connectivity index (χ3v) is 4.98. The second-order valence-electron chi connectivity index (χ2n) is 5.81. The lowest BCUT2D eigenvalue weighted by atomic mass is 10.1. The van der Waals surface area contributed by atoms with E-state index < -0.39 is 0 Å². The number of H-pyrrole nitrogens is 1. The maximum atomic E-state index is 12.9. The van der Waals surface area contributed by atoms with Crippen molar-refractivity contribution in [2.45, 2.75) is 18.9 Å². The summed E-state index contributed by atoms with van der Waals surface area (Å²) < 4.78 is 1.08. The number of carbonyl (C=O) groups excluding carboxylic acids is 1. The van der Waals surface area contributed by atoms with Crippen LogP contribution in [0, 0.1) is 3.57 Å². The molecule has 1 aromatic heterocycles. The standard InChI is InChI=1S/C18H16IN3O/c19-13-6-3-5-12(11-13)18(23)22-10-4-9-16(22)17-20-14-7-1-2-8-15(14)21-17/h1-3,5-8,11,16H,4,9-10H2,(H,20,21).